The van der Waals surface area contributed by atoms with E-state index < -0.39 is 11.9 Å². The Balaban J connectivity index is 4.12. The van der Waals surface area contributed by atoms with Crippen molar-refractivity contribution in [2.75, 3.05) is 26.9 Å². The van der Waals surface area contributed by atoms with Gasteiger partial charge in [-0.25, -0.2) is 4.79 Å². The van der Waals surface area contributed by atoms with E-state index in [1.54, 1.807) is 0 Å². The van der Waals surface area contributed by atoms with Crippen LogP contribution in [-0.2, 0) is 18.9 Å². The Kier molecular flexibility index (Phi) is 11.4. The molecule has 0 radical (unpaired) electrons. The molecule has 156 valence electrons. The van der Waals surface area contributed by atoms with E-state index in [-0.39, 0.29) is 17.8 Å². The average molecular weight is 376 g/mol. The first-order chi connectivity index (χ1) is 11.9. The van der Waals surface area contributed by atoms with Crippen molar-refractivity contribution in [1.82, 2.24) is 5.32 Å². The first-order valence-corrected chi connectivity index (χ1v) is 9.75. The zero-order valence-corrected chi connectivity index (χ0v) is 18.2. The number of nitrogens with one attached hydrogen (secondary N) is 1. The number of alkyl carbamates (subject to hydrolysis) is 1. The molecule has 0 aromatic carbocycles. The maximum absolute atomic E-state index is 10.9. The summed E-state index contributed by atoms with van der Waals surface area (Å²) in [5.41, 5.74) is -0.518. The molecule has 0 aliphatic heterocycles. The molecule has 0 aliphatic carbocycles. The van der Waals surface area contributed by atoms with E-state index >= 15 is 0 Å². The molecular weight excluding hydrogens is 334 g/mol. The molecule has 26 heavy (non-hydrogen) atoms. The van der Waals surface area contributed by atoms with Crippen LogP contribution < -0.4 is 5.32 Å². The van der Waals surface area contributed by atoms with Crippen molar-refractivity contribution in [2.24, 2.45) is 0 Å². The largest absolute Gasteiger partial charge is 0.447 e. The minimum Gasteiger partial charge on any atom is -0.447 e. The van der Waals surface area contributed by atoms with Crippen molar-refractivity contribution in [2.45, 2.75) is 97.6 Å². The zero-order valence-electron chi connectivity index (χ0n) is 18.2. The highest BCUT2D eigenvalue weighted by Crippen LogP contribution is 2.31. The van der Waals surface area contributed by atoms with Crippen LogP contribution in [0.5, 0.6) is 0 Å². The lowest BCUT2D eigenvalue weighted by Crippen LogP contribution is -2.44. The molecule has 0 rings (SSSR count). The van der Waals surface area contributed by atoms with Crippen molar-refractivity contribution in [3.8, 4) is 0 Å². The van der Waals surface area contributed by atoms with Crippen LogP contribution in [0.4, 0.5) is 4.79 Å². The Morgan fingerprint density at radius 1 is 0.846 bits per heavy atom. The Hall–Kier alpha value is -0.850. The summed E-state index contributed by atoms with van der Waals surface area (Å²) in [6, 6.07) is 0. The van der Waals surface area contributed by atoms with Gasteiger partial charge in [-0.15, -0.1) is 0 Å². The summed E-state index contributed by atoms with van der Waals surface area (Å²) >= 11 is 0. The van der Waals surface area contributed by atoms with Crippen molar-refractivity contribution < 1.29 is 23.7 Å². The van der Waals surface area contributed by atoms with Crippen LogP contribution in [0.3, 0.4) is 0 Å². The lowest BCUT2D eigenvalue weighted by Gasteiger charge is -2.41. The molecule has 0 heterocycles. The predicted molar refractivity (Wildman–Crippen MR) is 104 cm³/mol. The van der Waals surface area contributed by atoms with Crippen LogP contribution >= 0.6 is 0 Å². The molecule has 0 bridgehead atoms. The van der Waals surface area contributed by atoms with E-state index in [4.69, 9.17) is 18.9 Å². The van der Waals surface area contributed by atoms with Gasteiger partial charge >= 0.3 is 6.09 Å². The van der Waals surface area contributed by atoms with Gasteiger partial charge in [0.15, 0.2) is 5.79 Å². The fourth-order valence-electron chi connectivity index (χ4n) is 3.02. The monoisotopic (exact) mass is 375 g/mol. The molecule has 0 saturated carbocycles. The van der Waals surface area contributed by atoms with Crippen molar-refractivity contribution in [3.05, 3.63) is 0 Å². The van der Waals surface area contributed by atoms with Gasteiger partial charge in [0, 0.05) is 13.7 Å². The smallest absolute Gasteiger partial charge is 0.406 e. The highest BCUT2D eigenvalue weighted by molar-refractivity contribution is 5.66. The Morgan fingerprint density at radius 2 is 1.38 bits per heavy atom. The maximum atomic E-state index is 10.9. The second kappa shape index (κ2) is 11.8. The Bertz CT molecular complexity index is 394. The first-order valence-electron chi connectivity index (χ1n) is 9.75. The minimum atomic E-state index is -0.650. The standard InChI is InChI=1S/C20H41NO5/c1-9-10-12-18(2,3)25-20(6,7)26-19(4,5)13-11-14-23-15-16-24-17(22)21-8/h9-16H2,1-8H3,(H,21,22). The predicted octanol–water partition coefficient (Wildman–Crippen LogP) is 4.66. The van der Waals surface area contributed by atoms with Gasteiger partial charge < -0.3 is 24.3 Å². The number of carbonyl (C=O) groups excluding carboxylic acids is 1. The summed E-state index contributed by atoms with van der Waals surface area (Å²) in [5.74, 6) is -0.650. The van der Waals surface area contributed by atoms with E-state index in [0.717, 1.165) is 32.1 Å². The summed E-state index contributed by atoms with van der Waals surface area (Å²) < 4.78 is 22.9. The molecule has 0 aliphatic rings. The SMILES string of the molecule is CCCCC(C)(C)OC(C)(C)OC(C)(C)CCCOCCOC(=O)NC. The highest BCUT2D eigenvalue weighted by atomic mass is 16.7. The molecule has 1 N–H and O–H groups in total. The van der Waals surface area contributed by atoms with Gasteiger partial charge in [0.05, 0.1) is 17.8 Å². The van der Waals surface area contributed by atoms with Crippen LogP contribution in [-0.4, -0.2) is 50.0 Å². The van der Waals surface area contributed by atoms with Gasteiger partial charge in [-0.3, -0.25) is 0 Å². The molecule has 0 spiro atoms. The van der Waals surface area contributed by atoms with Crippen LogP contribution in [0.1, 0.15) is 80.6 Å². The van der Waals surface area contributed by atoms with Gasteiger partial charge in [-0.2, -0.15) is 0 Å². The van der Waals surface area contributed by atoms with Crippen LogP contribution in [0, 0.1) is 0 Å². The molecule has 0 atom stereocenters. The topological polar surface area (TPSA) is 66.0 Å². The van der Waals surface area contributed by atoms with Crippen LogP contribution in [0.25, 0.3) is 0 Å². The summed E-state index contributed by atoms with van der Waals surface area (Å²) in [6.45, 7) is 15.8. The zero-order chi connectivity index (χ0) is 20.3. The summed E-state index contributed by atoms with van der Waals surface area (Å²) in [4.78, 5) is 10.9. The lowest BCUT2D eigenvalue weighted by atomic mass is 10.00. The highest BCUT2D eigenvalue weighted by Gasteiger charge is 2.34. The van der Waals surface area contributed by atoms with Crippen molar-refractivity contribution in [1.29, 1.82) is 0 Å². The van der Waals surface area contributed by atoms with Gasteiger partial charge in [0.2, 0.25) is 0 Å². The first kappa shape index (κ1) is 25.1. The molecular formula is C20H41NO5. The molecule has 6 heteroatoms. The number of unbranched alkanes of at least 4 members (excludes halogenated alkanes) is 1. The van der Waals surface area contributed by atoms with Crippen LogP contribution in [0.2, 0.25) is 0 Å². The van der Waals surface area contributed by atoms with Gasteiger partial charge in [0.25, 0.3) is 0 Å². The number of ether oxygens (including phenoxy) is 4. The fraction of sp³-hybridized carbons (Fsp3) is 0.950. The molecule has 0 aromatic heterocycles. The second-order valence-electron chi connectivity index (χ2n) is 8.33. The summed E-state index contributed by atoms with van der Waals surface area (Å²) in [7, 11) is 1.53. The van der Waals surface area contributed by atoms with E-state index in [0.29, 0.717) is 13.2 Å². The Morgan fingerprint density at radius 3 is 1.88 bits per heavy atom. The molecule has 0 unspecified atom stereocenters. The van der Waals surface area contributed by atoms with Gasteiger partial charge in [-0.05, 0) is 60.8 Å². The maximum Gasteiger partial charge on any atom is 0.406 e. The normalized spacial score (nSPS) is 12.9. The number of hydrogen-bond donors (Lipinski definition) is 1. The molecule has 0 aromatic rings. The van der Waals surface area contributed by atoms with E-state index in [2.05, 4.69) is 39.9 Å². The molecule has 1 amide bonds. The Labute approximate surface area is 160 Å². The average Bonchev–Trinajstić information content (AvgIpc) is 2.49. The van der Waals surface area contributed by atoms with Gasteiger partial charge in [0.1, 0.15) is 6.61 Å². The minimum absolute atomic E-state index is 0.205. The second-order valence-corrected chi connectivity index (χ2v) is 8.33. The third-order valence-corrected chi connectivity index (χ3v) is 3.91. The third-order valence-electron chi connectivity index (χ3n) is 3.91. The summed E-state index contributed by atoms with van der Waals surface area (Å²) in [5, 5.41) is 2.39. The van der Waals surface area contributed by atoms with Crippen LogP contribution in [0.15, 0.2) is 0 Å². The number of amides is 1. The molecule has 6 nitrogen and oxygen atoms in total. The fourth-order valence-corrected chi connectivity index (χ4v) is 3.02. The van der Waals surface area contributed by atoms with E-state index in [9.17, 15) is 4.79 Å². The quantitative estimate of drug-likeness (QED) is 0.353. The third kappa shape index (κ3) is 13.4. The number of hydrogen-bond acceptors (Lipinski definition) is 5. The van der Waals surface area contributed by atoms with E-state index in [1.807, 2.05) is 13.8 Å². The van der Waals surface area contributed by atoms with E-state index in [1.165, 1.54) is 7.05 Å². The van der Waals surface area contributed by atoms with Gasteiger partial charge in [-0.1, -0.05) is 19.8 Å². The summed E-state index contributed by atoms with van der Waals surface area (Å²) in [6.07, 6.45) is 4.60. The molecule has 0 saturated heterocycles. The van der Waals surface area contributed by atoms with Crippen molar-refractivity contribution in [3.63, 3.8) is 0 Å². The number of carbonyl (C=O) groups is 1. The molecule has 0 fully saturated rings. The number of rotatable bonds is 14. The van der Waals surface area contributed by atoms with Crippen molar-refractivity contribution >= 4 is 6.09 Å². The lowest BCUT2D eigenvalue weighted by molar-refractivity contribution is -0.301.